The first-order valence-corrected chi connectivity index (χ1v) is 48.6. The molecule has 804 valence electrons. The van der Waals surface area contributed by atoms with Crippen molar-refractivity contribution >= 4 is 113 Å². The van der Waals surface area contributed by atoms with Gasteiger partial charge in [0.1, 0.15) is 85.9 Å². The van der Waals surface area contributed by atoms with E-state index in [9.17, 15) is 97.0 Å². The van der Waals surface area contributed by atoms with Gasteiger partial charge in [-0.05, 0) is 119 Å². The van der Waals surface area contributed by atoms with Crippen LogP contribution in [0.5, 0.6) is 0 Å². The fourth-order valence-electron chi connectivity index (χ4n) is 22.8. The maximum absolute atomic E-state index is 13.9. The Morgan fingerprint density at radius 1 is 0.373 bits per heavy atom. The smallest absolute Gasteiger partial charge is 0.417 e. The van der Waals surface area contributed by atoms with Crippen LogP contribution in [0.3, 0.4) is 0 Å². The van der Waals surface area contributed by atoms with E-state index in [1.165, 1.54) is 56.2 Å². The van der Waals surface area contributed by atoms with Crippen LogP contribution in [0, 0.1) is 25.5 Å². The Balaban J connectivity index is 0.000000128. The van der Waals surface area contributed by atoms with E-state index >= 15 is 0 Å². The molecule has 58 heteroatoms. The van der Waals surface area contributed by atoms with Gasteiger partial charge in [0.05, 0.1) is 22.3 Å². The molecule has 16 heterocycles. The third kappa shape index (κ3) is 16.9. The Bertz CT molecular complexity index is 6600. The number of alkyl halides is 3. The summed E-state index contributed by atoms with van der Waals surface area (Å²) < 4.78 is 108. The summed E-state index contributed by atoms with van der Waals surface area (Å²) in [7, 11) is 0. The molecular formula is C92H121Cl2F5N30O21+10. The number of nitrogens with two attached hydrogens (primary N) is 10. The lowest BCUT2D eigenvalue weighted by atomic mass is 9.85. The third-order valence-corrected chi connectivity index (χ3v) is 30.5. The third-order valence-electron chi connectivity index (χ3n) is 30.1. The first-order chi connectivity index (χ1) is 70.5. The number of aliphatic hydroxyl groups is 10. The molecule has 0 amide bonds. The molecule has 45 N–H and O–H groups in total. The van der Waals surface area contributed by atoms with Gasteiger partial charge in [0.25, 0.3) is 28.9 Å². The largest absolute Gasteiger partial charge is 0.449 e. The van der Waals surface area contributed by atoms with Gasteiger partial charge in [-0.25, -0.2) is 82.2 Å². The summed E-state index contributed by atoms with van der Waals surface area (Å²) in [6, 6.07) is 23.7. The van der Waals surface area contributed by atoms with Crippen molar-refractivity contribution in [2.75, 3.05) is 32.7 Å². The Morgan fingerprint density at radius 3 is 0.920 bits per heavy atom. The van der Waals surface area contributed by atoms with Crippen molar-refractivity contribution in [1.82, 2.24) is 53.2 Å². The number of hydrogen-bond donors (Lipinski definition) is 35. The van der Waals surface area contributed by atoms with Gasteiger partial charge < -0.3 is 79.2 Å². The molecule has 1 aromatic heterocycles. The zero-order valence-electron chi connectivity index (χ0n) is 81.4. The minimum Gasteiger partial charge on any atom is -0.449 e. The molecule has 15 aliphatic heterocycles. The number of carbonyl (C=O) groups excluding carboxylic acids is 5. The van der Waals surface area contributed by atoms with Gasteiger partial charge in [0.15, 0.2) is 60.7 Å². The molecule has 15 aliphatic rings. The van der Waals surface area contributed by atoms with E-state index in [4.69, 9.17) is 109 Å². The van der Waals surface area contributed by atoms with Crippen molar-refractivity contribution < 1.29 is 173 Å². The highest BCUT2D eigenvalue weighted by molar-refractivity contribution is 6.35. The van der Waals surface area contributed by atoms with E-state index in [1.54, 1.807) is 57.7 Å². The molecule has 0 aliphatic carbocycles. The molecule has 5 fully saturated rings. The summed E-state index contributed by atoms with van der Waals surface area (Å²) in [5.74, 6) is -18.6. The summed E-state index contributed by atoms with van der Waals surface area (Å²) in [4.78, 5) is 78.2. The Labute approximate surface area is 858 Å². The fraction of sp³-hybridized carbons (Fsp3) is 0.467. The van der Waals surface area contributed by atoms with Gasteiger partial charge >= 0.3 is 124 Å². The number of rotatable bonds is 16. The highest BCUT2D eigenvalue weighted by Crippen LogP contribution is 2.47. The van der Waals surface area contributed by atoms with Crippen molar-refractivity contribution in [3.05, 3.63) is 188 Å². The predicted molar refractivity (Wildman–Crippen MR) is 513 cm³/mol. The summed E-state index contributed by atoms with van der Waals surface area (Å²) in [6.07, 6.45) is -8.53. The second-order valence-corrected chi connectivity index (χ2v) is 39.6. The average Bonchev–Trinajstić information content (AvgIpc) is 1.54. The van der Waals surface area contributed by atoms with Crippen LogP contribution < -0.4 is 135 Å². The highest BCUT2D eigenvalue weighted by Gasteiger charge is 2.85. The molecule has 6 aromatic rings. The molecule has 5 saturated heterocycles. The zero-order chi connectivity index (χ0) is 109. The lowest BCUT2D eigenvalue weighted by molar-refractivity contribution is -0.674. The molecule has 0 radical (unpaired) electrons. The second kappa shape index (κ2) is 38.4. The average molecular weight is 2150 g/mol. The number of hydrogen-bond acceptors (Lipinski definition) is 41. The minimum atomic E-state index is -4.64. The molecule has 5 aromatic carbocycles. The first kappa shape index (κ1) is 107. The number of guanidine groups is 10. The number of nitrogens with zero attached hydrogens (tertiary/aromatic N) is 5. The number of ether oxygens (including phenoxy) is 5. The van der Waals surface area contributed by atoms with E-state index in [0.717, 1.165) is 41.5 Å². The van der Waals surface area contributed by atoms with Crippen molar-refractivity contribution in [3.63, 3.8) is 0 Å². The maximum Gasteiger partial charge on any atom is 0.417 e. The SMILES string of the molecule is CC[C@@H]1NC(N)=[N+]2C[C@H](OC(=O)c3c(F)cccc3F)C(O)(O)[C@@]23NC(N)=[NH+][C@@H]13.CC[C@@H]1NC(N)=[N+]2C[C@H](OC(=O)c3cc(Cl)cc(Cl)c3)C(O)(O)[C@@]23NC(N)=[NH+][C@@H]13.CC[C@@H]1NC(N)=[N+]2C[C@H](OC(=O)c3ccc(-c4ccccc4C(F)(F)F)o3)C(O)(O)[C@@]23NC(N)=[NH+][C@@H]13.CC[C@@H]1NC(N)=[N+]2C[C@H](OC(=O)c3ccc(C)cc3)C(O)(O)[C@@]23NC(N)=[NH+][C@@H]13.CC[C@@H]1NC(N)=[N+]2C[C@H](OC(=O)c3ccc(C)cc3)C(O)(O)[C@@]23NC(N)=[NH+][C@@H]13. The van der Waals surface area contributed by atoms with Crippen LogP contribution in [-0.4, -0.2) is 344 Å². The highest BCUT2D eigenvalue weighted by atomic mass is 35.5. The summed E-state index contributed by atoms with van der Waals surface area (Å²) in [5, 5.41) is 142. The topological polar surface area (TPSA) is 812 Å². The molecule has 0 saturated carbocycles. The lowest BCUT2D eigenvalue weighted by Crippen LogP contribution is -2.91. The number of esters is 5. The standard InChI is InChI=1S/C22H23F3N6O5.2C18H24N6O4.C17H20Cl2N6O4.C17H20F2N6O4/c1-2-12-16-20(30-18(26)29-16)21(33,34)15(9-31(20)19(27)28-12)36-17(32)14-8-7-13(35-14)10-5-3-4-6-11(10)22(23,24)25;2*1-3-11-13-17(23-15(19)22-13)18(26,27)12(8-24(17)16(20)21-11)28-14(25)10-6-4-9(2)5-7-10;1-2-10-12-16(24-14(20)23-12)17(27,28)11(6-25(16)15(21)22-10)29-13(26)7-3-8(18)5-9(19)4-7;1-2-9-12-16(24-14(20)23-12)17(27,28)10(6-25(16)15(21)22-9)29-13(26)11-7(18)4-3-5-8(11)19/h3-8,12,15-16,33-34H,2,9H2,1H3,(H5,26,27,28,29,30);2*4-7,11-13,26-27H,3,8H2,1-2H3,(H5,19,20,21,22,23);3-5,10-12,27-28H,2,6H2,1H3,(H5,20,21,22,23,24);3-5,9-10,12,27-28H,2,6H2,1H3,(H5,20,21,22,23,24)/p+10/t12-,15-,16-,20-;2*11-,12-,13-,17-;10-,11-,12-,16-;9-,10-,12-,16-/m00000/s1. The molecule has 0 bridgehead atoms. The summed E-state index contributed by atoms with van der Waals surface area (Å²) >= 11 is 11.9. The van der Waals surface area contributed by atoms with Gasteiger partial charge in [-0.1, -0.05) is 117 Å². The van der Waals surface area contributed by atoms with E-state index in [2.05, 4.69) is 78.1 Å². The van der Waals surface area contributed by atoms with E-state index in [0.29, 0.717) is 43.2 Å². The van der Waals surface area contributed by atoms with Crippen LogP contribution in [0.4, 0.5) is 22.0 Å². The van der Waals surface area contributed by atoms with E-state index < -0.39 is 183 Å². The Morgan fingerprint density at radius 2 is 0.640 bits per heavy atom. The monoisotopic (exact) mass is 2150 g/mol. The van der Waals surface area contributed by atoms with Crippen molar-refractivity contribution in [1.29, 1.82) is 0 Å². The summed E-state index contributed by atoms with van der Waals surface area (Å²) in [6.45, 7) is 12.8. The minimum absolute atomic E-state index is 0.0155. The van der Waals surface area contributed by atoms with Crippen molar-refractivity contribution in [2.45, 2.75) is 235 Å². The van der Waals surface area contributed by atoms with Crippen molar-refractivity contribution in [2.24, 2.45) is 57.3 Å². The number of halogens is 7. The molecule has 51 nitrogen and oxygen atoms in total. The first-order valence-electron chi connectivity index (χ1n) is 47.8. The normalized spacial score (nSPS) is 31.5. The number of benzene rings is 5. The maximum atomic E-state index is 13.9. The lowest BCUT2D eigenvalue weighted by Gasteiger charge is -2.40. The molecule has 20 atom stereocenters. The van der Waals surface area contributed by atoms with E-state index in [1.807, 2.05) is 48.5 Å². The van der Waals surface area contributed by atoms with Crippen molar-refractivity contribution in [3.8, 4) is 11.3 Å². The zero-order valence-corrected chi connectivity index (χ0v) is 82.9. The van der Waals surface area contributed by atoms with Crippen LogP contribution in [0.2, 0.25) is 10.0 Å². The van der Waals surface area contributed by atoms with Gasteiger partial charge in [0.2, 0.25) is 5.76 Å². The number of carbonyl (C=O) groups is 5. The van der Waals surface area contributed by atoms with Crippen LogP contribution in [0.25, 0.3) is 11.3 Å². The van der Waals surface area contributed by atoms with Crippen LogP contribution in [0.15, 0.2) is 126 Å². The van der Waals surface area contributed by atoms with Crippen LogP contribution in [-0.2, 0) is 29.9 Å². The number of nitrogens with one attached hydrogen (secondary N) is 15. The van der Waals surface area contributed by atoms with Gasteiger partial charge in [-0.15, -0.1) is 0 Å². The van der Waals surface area contributed by atoms with Gasteiger partial charge in [-0.2, -0.15) is 13.2 Å². The molecule has 150 heavy (non-hydrogen) atoms. The molecule has 21 rings (SSSR count). The van der Waals surface area contributed by atoms with Gasteiger partial charge in [0, 0.05) is 15.6 Å². The van der Waals surface area contributed by atoms with Gasteiger partial charge in [-0.3, -0.25) is 109 Å². The van der Waals surface area contributed by atoms with Crippen LogP contribution in [0.1, 0.15) is 135 Å². The Hall–Kier alpha value is -14.7. The molecular weight excluding hydrogens is 2030 g/mol. The second-order valence-electron chi connectivity index (χ2n) is 38.7. The molecule has 0 unspecified atom stereocenters. The number of furan rings is 1. The predicted octanol–water partition coefficient (Wildman–Crippen LogP) is -17.1. The number of aryl methyl sites for hydroxylation is 2. The van der Waals surface area contributed by atoms with E-state index in [-0.39, 0.29) is 149 Å². The Kier molecular flexibility index (Phi) is 27.3. The van der Waals surface area contributed by atoms with Crippen LogP contribution >= 0.6 is 23.2 Å². The molecule has 5 spiro atoms. The quantitative estimate of drug-likeness (QED) is 0.0141. The fourth-order valence-corrected chi connectivity index (χ4v) is 23.4. The summed E-state index contributed by atoms with van der Waals surface area (Å²) in [5.41, 5.74) is 53.2.